The maximum absolute atomic E-state index is 12.9. The van der Waals surface area contributed by atoms with Gasteiger partial charge in [-0.1, -0.05) is 0 Å². The van der Waals surface area contributed by atoms with E-state index in [9.17, 15) is 14.4 Å². The lowest BCUT2D eigenvalue weighted by Crippen LogP contribution is -2.52. The van der Waals surface area contributed by atoms with Crippen LogP contribution in [-0.4, -0.2) is 58.2 Å². The van der Waals surface area contributed by atoms with Crippen LogP contribution in [0.5, 0.6) is 0 Å². The summed E-state index contributed by atoms with van der Waals surface area (Å²) in [5, 5.41) is 3.25. The maximum Gasteiger partial charge on any atom is 0.261 e. The molecule has 0 bridgehead atoms. The quantitative estimate of drug-likeness (QED) is 0.831. The molecule has 138 valence electrons. The minimum absolute atomic E-state index is 0.0834. The van der Waals surface area contributed by atoms with Gasteiger partial charge in [0.25, 0.3) is 17.7 Å². The van der Waals surface area contributed by atoms with Gasteiger partial charge in [-0.05, 0) is 42.8 Å². The van der Waals surface area contributed by atoms with Crippen LogP contribution in [0.1, 0.15) is 43.6 Å². The number of nitrogens with one attached hydrogen (secondary N) is 1. The largest absolute Gasteiger partial charge is 0.333 e. The molecule has 2 aromatic rings. The first kappa shape index (κ1) is 17.4. The number of imide groups is 1. The third-order valence-corrected chi connectivity index (χ3v) is 5.07. The van der Waals surface area contributed by atoms with Gasteiger partial charge in [0.2, 0.25) is 0 Å². The van der Waals surface area contributed by atoms with Crippen LogP contribution in [-0.2, 0) is 6.54 Å². The monoisotopic (exact) mass is 364 g/mol. The average Bonchev–Trinajstić information content (AvgIpc) is 2.93. The molecule has 0 unspecified atom stereocenters. The van der Waals surface area contributed by atoms with E-state index >= 15 is 0 Å². The molecule has 7 heteroatoms. The highest BCUT2D eigenvalue weighted by molar-refractivity contribution is 6.22. The lowest BCUT2D eigenvalue weighted by atomic mass is 10.0. The molecule has 1 atom stereocenters. The minimum atomic E-state index is -0.366. The SMILES string of the molecule is C[C@@H]1CNCCN1C(=O)c1ccc2c(c1)C(=O)N(Cc1ccncc1)C2=O. The van der Waals surface area contributed by atoms with Crippen molar-refractivity contribution >= 4 is 17.7 Å². The third kappa shape index (κ3) is 3.10. The molecule has 27 heavy (non-hydrogen) atoms. The Bertz CT molecular complexity index is 913. The van der Waals surface area contributed by atoms with Crippen molar-refractivity contribution in [3.05, 3.63) is 65.0 Å². The summed E-state index contributed by atoms with van der Waals surface area (Å²) >= 11 is 0. The van der Waals surface area contributed by atoms with Crippen molar-refractivity contribution in [3.63, 3.8) is 0 Å². The number of aromatic nitrogens is 1. The Morgan fingerprint density at radius 2 is 1.89 bits per heavy atom. The van der Waals surface area contributed by atoms with Crippen LogP contribution in [0.25, 0.3) is 0 Å². The lowest BCUT2D eigenvalue weighted by molar-refractivity contribution is 0.0639. The summed E-state index contributed by atoms with van der Waals surface area (Å²) in [7, 11) is 0. The average molecular weight is 364 g/mol. The van der Waals surface area contributed by atoms with Gasteiger partial charge >= 0.3 is 0 Å². The van der Waals surface area contributed by atoms with E-state index in [1.807, 2.05) is 6.92 Å². The Kier molecular flexibility index (Phi) is 4.45. The number of amides is 3. The van der Waals surface area contributed by atoms with Crippen molar-refractivity contribution in [2.75, 3.05) is 19.6 Å². The smallest absolute Gasteiger partial charge is 0.261 e. The van der Waals surface area contributed by atoms with E-state index in [1.54, 1.807) is 47.6 Å². The predicted octanol–water partition coefficient (Wildman–Crippen LogP) is 1.31. The van der Waals surface area contributed by atoms with Gasteiger partial charge in [0.1, 0.15) is 0 Å². The van der Waals surface area contributed by atoms with Gasteiger partial charge in [-0.15, -0.1) is 0 Å². The van der Waals surface area contributed by atoms with Crippen molar-refractivity contribution < 1.29 is 14.4 Å². The molecule has 3 heterocycles. The minimum Gasteiger partial charge on any atom is -0.333 e. The Morgan fingerprint density at radius 1 is 1.15 bits per heavy atom. The number of piperazine rings is 1. The van der Waals surface area contributed by atoms with Crippen LogP contribution in [0.15, 0.2) is 42.7 Å². The molecule has 4 rings (SSSR count). The molecular weight excluding hydrogens is 344 g/mol. The summed E-state index contributed by atoms with van der Waals surface area (Å²) in [6, 6.07) is 8.40. The van der Waals surface area contributed by atoms with Gasteiger partial charge in [-0.3, -0.25) is 24.3 Å². The van der Waals surface area contributed by atoms with E-state index in [0.29, 0.717) is 23.2 Å². The van der Waals surface area contributed by atoms with Gasteiger partial charge in [0.15, 0.2) is 0 Å². The van der Waals surface area contributed by atoms with Crippen molar-refractivity contribution in [3.8, 4) is 0 Å². The van der Waals surface area contributed by atoms with Crippen molar-refractivity contribution in [1.82, 2.24) is 20.1 Å². The van der Waals surface area contributed by atoms with Crippen LogP contribution in [0.4, 0.5) is 0 Å². The fourth-order valence-corrected chi connectivity index (χ4v) is 3.55. The normalized spacial score (nSPS) is 19.4. The maximum atomic E-state index is 12.9. The number of fused-ring (bicyclic) bond motifs is 1. The van der Waals surface area contributed by atoms with Gasteiger partial charge in [0, 0.05) is 43.6 Å². The zero-order valence-electron chi connectivity index (χ0n) is 15.0. The predicted molar refractivity (Wildman–Crippen MR) is 98.3 cm³/mol. The van der Waals surface area contributed by atoms with Gasteiger partial charge in [-0.2, -0.15) is 0 Å². The van der Waals surface area contributed by atoms with Gasteiger partial charge in [0.05, 0.1) is 17.7 Å². The van der Waals surface area contributed by atoms with E-state index in [1.165, 1.54) is 4.90 Å². The van der Waals surface area contributed by atoms with Gasteiger partial charge < -0.3 is 10.2 Å². The van der Waals surface area contributed by atoms with Crippen molar-refractivity contribution in [2.24, 2.45) is 0 Å². The second-order valence-electron chi connectivity index (χ2n) is 6.86. The lowest BCUT2D eigenvalue weighted by Gasteiger charge is -2.34. The molecule has 1 aromatic heterocycles. The van der Waals surface area contributed by atoms with Crippen molar-refractivity contribution in [1.29, 1.82) is 0 Å². The van der Waals surface area contributed by atoms with Crippen LogP contribution < -0.4 is 5.32 Å². The fourth-order valence-electron chi connectivity index (χ4n) is 3.55. The van der Waals surface area contributed by atoms with Crippen LogP contribution in [0.3, 0.4) is 0 Å². The first-order valence-electron chi connectivity index (χ1n) is 8.97. The van der Waals surface area contributed by atoms with Gasteiger partial charge in [-0.25, -0.2) is 0 Å². The number of carbonyl (C=O) groups excluding carboxylic acids is 3. The Balaban J connectivity index is 1.59. The standard InChI is InChI=1S/C20H20N4O3/c1-13-11-22-8-9-23(13)18(25)15-2-3-16-17(10-15)20(27)24(19(16)26)12-14-4-6-21-7-5-14/h2-7,10,13,22H,8-9,11-12H2,1H3/t13-/m1/s1. The summed E-state index contributed by atoms with van der Waals surface area (Å²) in [4.78, 5) is 45.2. The van der Waals surface area contributed by atoms with Crippen LogP contribution in [0, 0.1) is 0 Å². The van der Waals surface area contributed by atoms with Crippen LogP contribution in [0.2, 0.25) is 0 Å². The fraction of sp³-hybridized carbons (Fsp3) is 0.300. The first-order valence-corrected chi connectivity index (χ1v) is 8.97. The Hall–Kier alpha value is -3.06. The van der Waals surface area contributed by atoms with E-state index < -0.39 is 0 Å². The molecule has 3 amide bonds. The molecule has 1 aromatic carbocycles. The number of pyridine rings is 1. The number of hydrogen-bond acceptors (Lipinski definition) is 5. The molecule has 1 saturated heterocycles. The molecule has 0 radical (unpaired) electrons. The van der Waals surface area contributed by atoms with E-state index in [-0.39, 0.29) is 30.3 Å². The highest BCUT2D eigenvalue weighted by atomic mass is 16.2. The second-order valence-corrected chi connectivity index (χ2v) is 6.86. The molecule has 0 spiro atoms. The summed E-state index contributed by atoms with van der Waals surface area (Å²) in [5.41, 5.74) is 1.90. The Labute approximate surface area is 157 Å². The first-order chi connectivity index (χ1) is 13.1. The topological polar surface area (TPSA) is 82.6 Å². The molecule has 1 fully saturated rings. The third-order valence-electron chi connectivity index (χ3n) is 5.07. The number of rotatable bonds is 3. The molecule has 0 aliphatic carbocycles. The van der Waals surface area contributed by atoms with E-state index in [4.69, 9.17) is 0 Å². The second kappa shape index (κ2) is 6.92. The number of carbonyl (C=O) groups is 3. The summed E-state index contributed by atoms with van der Waals surface area (Å²) in [6.45, 7) is 4.29. The summed E-state index contributed by atoms with van der Waals surface area (Å²) < 4.78 is 0. The summed E-state index contributed by atoms with van der Waals surface area (Å²) in [6.07, 6.45) is 3.25. The molecule has 7 nitrogen and oxygen atoms in total. The number of benzene rings is 1. The van der Waals surface area contributed by atoms with E-state index in [2.05, 4.69) is 10.3 Å². The summed E-state index contributed by atoms with van der Waals surface area (Å²) in [5.74, 6) is -0.809. The molecule has 1 N–H and O–H groups in total. The molecule has 2 aliphatic rings. The molecule has 2 aliphatic heterocycles. The van der Waals surface area contributed by atoms with E-state index in [0.717, 1.165) is 18.7 Å². The van der Waals surface area contributed by atoms with Crippen molar-refractivity contribution in [2.45, 2.75) is 19.5 Å². The molecule has 0 saturated carbocycles. The Morgan fingerprint density at radius 3 is 2.63 bits per heavy atom. The van der Waals surface area contributed by atoms with Crippen LogP contribution >= 0.6 is 0 Å². The highest BCUT2D eigenvalue weighted by Crippen LogP contribution is 2.26. The number of nitrogens with zero attached hydrogens (tertiary/aromatic N) is 3. The molecular formula is C20H20N4O3. The number of hydrogen-bond donors (Lipinski definition) is 1. The zero-order valence-corrected chi connectivity index (χ0v) is 15.0. The highest BCUT2D eigenvalue weighted by Gasteiger charge is 2.36. The zero-order chi connectivity index (χ0) is 19.0.